The van der Waals surface area contributed by atoms with Crippen molar-refractivity contribution in [2.75, 3.05) is 44.3 Å². The number of anilines is 1. The van der Waals surface area contributed by atoms with Crippen LogP contribution in [0.25, 0.3) is 0 Å². The second-order valence-electron chi connectivity index (χ2n) is 5.45. The zero-order chi connectivity index (χ0) is 14.7. The molecule has 3 rings (SSSR count). The van der Waals surface area contributed by atoms with E-state index in [0.717, 1.165) is 49.8 Å². The molecule has 1 fully saturated rings. The molecule has 2 heterocycles. The molecule has 0 aliphatic carbocycles. The summed E-state index contributed by atoms with van der Waals surface area (Å²) in [7, 11) is 0. The summed E-state index contributed by atoms with van der Waals surface area (Å²) in [4.78, 5) is 16.2. The van der Waals surface area contributed by atoms with Crippen molar-refractivity contribution in [2.45, 2.75) is 19.8 Å². The van der Waals surface area contributed by atoms with Crippen molar-refractivity contribution in [1.29, 1.82) is 0 Å². The van der Waals surface area contributed by atoms with Gasteiger partial charge in [0.1, 0.15) is 13.2 Å². The van der Waals surface area contributed by atoms with Crippen molar-refractivity contribution in [1.82, 2.24) is 4.90 Å². The molecule has 114 valence electrons. The average molecular weight is 290 g/mol. The molecule has 0 atom stereocenters. The van der Waals surface area contributed by atoms with Gasteiger partial charge in [-0.25, -0.2) is 0 Å². The minimum Gasteiger partial charge on any atom is -0.486 e. The standard InChI is InChI=1S/C16H22N2O3/c1-2-3-16(19)18-8-6-17(7-9-18)13-4-5-14-15(12-13)21-11-10-20-14/h4-5,12H,2-3,6-11H2,1H3. The number of hydrogen-bond donors (Lipinski definition) is 0. The summed E-state index contributed by atoms with van der Waals surface area (Å²) in [6, 6.07) is 6.08. The van der Waals surface area contributed by atoms with Crippen molar-refractivity contribution < 1.29 is 14.3 Å². The molecule has 5 nitrogen and oxygen atoms in total. The first-order valence-electron chi connectivity index (χ1n) is 7.70. The van der Waals surface area contributed by atoms with E-state index in [-0.39, 0.29) is 5.91 Å². The Labute approximate surface area is 125 Å². The average Bonchev–Trinajstić information content (AvgIpc) is 2.55. The van der Waals surface area contributed by atoms with Crippen molar-refractivity contribution in [3.63, 3.8) is 0 Å². The van der Waals surface area contributed by atoms with E-state index in [9.17, 15) is 4.79 Å². The molecule has 0 N–H and O–H groups in total. The summed E-state index contributed by atoms with van der Waals surface area (Å²) in [5.74, 6) is 1.92. The number of rotatable bonds is 3. The molecule has 1 aromatic carbocycles. The number of nitrogens with zero attached hydrogens (tertiary/aromatic N) is 2. The van der Waals surface area contributed by atoms with Gasteiger partial charge in [0.2, 0.25) is 5.91 Å². The van der Waals surface area contributed by atoms with E-state index in [1.54, 1.807) is 0 Å². The van der Waals surface area contributed by atoms with Crippen LogP contribution in [0.5, 0.6) is 11.5 Å². The summed E-state index contributed by atoms with van der Waals surface area (Å²) in [5, 5.41) is 0. The highest BCUT2D eigenvalue weighted by molar-refractivity contribution is 5.76. The van der Waals surface area contributed by atoms with Crippen LogP contribution in [0.4, 0.5) is 5.69 Å². The molecule has 5 heteroatoms. The highest BCUT2D eigenvalue weighted by Gasteiger charge is 2.22. The molecule has 2 aliphatic heterocycles. The molecular formula is C16H22N2O3. The van der Waals surface area contributed by atoms with Crippen LogP contribution in [0.1, 0.15) is 19.8 Å². The molecule has 0 saturated carbocycles. The van der Waals surface area contributed by atoms with Crippen LogP contribution in [0, 0.1) is 0 Å². The molecule has 21 heavy (non-hydrogen) atoms. The van der Waals surface area contributed by atoms with E-state index in [0.29, 0.717) is 19.6 Å². The highest BCUT2D eigenvalue weighted by Crippen LogP contribution is 2.34. The van der Waals surface area contributed by atoms with Gasteiger partial charge in [0, 0.05) is 44.4 Å². The van der Waals surface area contributed by atoms with Gasteiger partial charge in [0.25, 0.3) is 0 Å². The molecule has 2 aliphatic rings. The molecule has 0 aromatic heterocycles. The lowest BCUT2D eigenvalue weighted by Crippen LogP contribution is -2.48. The largest absolute Gasteiger partial charge is 0.486 e. The topological polar surface area (TPSA) is 42.0 Å². The molecule has 1 amide bonds. The number of ether oxygens (including phenoxy) is 2. The second-order valence-corrected chi connectivity index (χ2v) is 5.45. The van der Waals surface area contributed by atoms with E-state index in [2.05, 4.69) is 11.0 Å². The summed E-state index contributed by atoms with van der Waals surface area (Å²) >= 11 is 0. The predicted octanol–water partition coefficient (Wildman–Crippen LogP) is 1.91. The third-order valence-electron chi connectivity index (χ3n) is 3.99. The van der Waals surface area contributed by atoms with Crippen LogP contribution in [0.2, 0.25) is 0 Å². The minimum absolute atomic E-state index is 0.277. The van der Waals surface area contributed by atoms with Crippen molar-refractivity contribution in [3.05, 3.63) is 18.2 Å². The molecule has 0 radical (unpaired) electrons. The van der Waals surface area contributed by atoms with Crippen LogP contribution >= 0.6 is 0 Å². The van der Waals surface area contributed by atoms with E-state index >= 15 is 0 Å². The minimum atomic E-state index is 0.277. The lowest BCUT2D eigenvalue weighted by molar-refractivity contribution is -0.131. The highest BCUT2D eigenvalue weighted by atomic mass is 16.6. The Balaban J connectivity index is 1.63. The van der Waals surface area contributed by atoms with Crippen molar-refractivity contribution >= 4 is 11.6 Å². The van der Waals surface area contributed by atoms with Gasteiger partial charge in [-0.05, 0) is 18.6 Å². The van der Waals surface area contributed by atoms with Crippen molar-refractivity contribution in [3.8, 4) is 11.5 Å². The number of carbonyl (C=O) groups is 1. The third-order valence-corrected chi connectivity index (χ3v) is 3.99. The van der Waals surface area contributed by atoms with Gasteiger partial charge < -0.3 is 19.3 Å². The molecule has 1 saturated heterocycles. The second kappa shape index (κ2) is 6.24. The van der Waals surface area contributed by atoms with Crippen LogP contribution in [-0.2, 0) is 4.79 Å². The number of fused-ring (bicyclic) bond motifs is 1. The van der Waals surface area contributed by atoms with E-state index in [1.807, 2.05) is 24.0 Å². The molecule has 0 bridgehead atoms. The maximum atomic E-state index is 11.9. The monoisotopic (exact) mass is 290 g/mol. The maximum absolute atomic E-state index is 11.9. The number of amides is 1. The Morgan fingerprint density at radius 3 is 2.52 bits per heavy atom. The van der Waals surface area contributed by atoms with Crippen LogP contribution < -0.4 is 14.4 Å². The normalized spacial score (nSPS) is 17.8. The Hall–Kier alpha value is -1.91. The third kappa shape index (κ3) is 3.06. The summed E-state index contributed by atoms with van der Waals surface area (Å²) in [5.41, 5.74) is 1.14. The van der Waals surface area contributed by atoms with Crippen molar-refractivity contribution in [2.24, 2.45) is 0 Å². The fraction of sp³-hybridized carbons (Fsp3) is 0.562. The van der Waals surface area contributed by atoms with Gasteiger partial charge in [0.05, 0.1) is 0 Å². The fourth-order valence-electron chi connectivity index (χ4n) is 2.81. The van der Waals surface area contributed by atoms with Gasteiger partial charge in [0.15, 0.2) is 11.5 Å². The Morgan fingerprint density at radius 2 is 1.81 bits per heavy atom. The first-order chi connectivity index (χ1) is 10.3. The zero-order valence-electron chi connectivity index (χ0n) is 12.5. The summed E-state index contributed by atoms with van der Waals surface area (Å²) in [6.45, 7) is 6.61. The predicted molar refractivity (Wildman–Crippen MR) is 81.1 cm³/mol. The molecule has 0 spiro atoms. The molecule has 0 unspecified atom stereocenters. The number of benzene rings is 1. The zero-order valence-corrected chi connectivity index (χ0v) is 12.5. The van der Waals surface area contributed by atoms with Crippen LogP contribution in [0.15, 0.2) is 18.2 Å². The Bertz CT molecular complexity index is 510. The first-order valence-corrected chi connectivity index (χ1v) is 7.70. The van der Waals surface area contributed by atoms with Gasteiger partial charge in [-0.15, -0.1) is 0 Å². The van der Waals surface area contributed by atoms with Gasteiger partial charge in [-0.3, -0.25) is 4.79 Å². The Kier molecular flexibility index (Phi) is 4.18. The quantitative estimate of drug-likeness (QED) is 0.853. The number of carbonyl (C=O) groups excluding carboxylic acids is 1. The van der Waals surface area contributed by atoms with Gasteiger partial charge in [-0.1, -0.05) is 6.92 Å². The molecule has 1 aromatic rings. The fourth-order valence-corrected chi connectivity index (χ4v) is 2.81. The summed E-state index contributed by atoms with van der Waals surface area (Å²) < 4.78 is 11.2. The Morgan fingerprint density at radius 1 is 1.10 bits per heavy atom. The van der Waals surface area contributed by atoms with Crippen LogP contribution in [-0.4, -0.2) is 50.2 Å². The smallest absolute Gasteiger partial charge is 0.222 e. The lowest BCUT2D eigenvalue weighted by Gasteiger charge is -2.36. The van der Waals surface area contributed by atoms with E-state index in [1.165, 1.54) is 0 Å². The maximum Gasteiger partial charge on any atom is 0.222 e. The first kappa shape index (κ1) is 14.0. The van der Waals surface area contributed by atoms with Gasteiger partial charge in [-0.2, -0.15) is 0 Å². The SMILES string of the molecule is CCCC(=O)N1CCN(c2ccc3c(c2)OCCO3)CC1. The van der Waals surface area contributed by atoms with Crippen LogP contribution in [0.3, 0.4) is 0 Å². The van der Waals surface area contributed by atoms with E-state index in [4.69, 9.17) is 9.47 Å². The molecular weight excluding hydrogens is 268 g/mol. The van der Waals surface area contributed by atoms with E-state index < -0.39 is 0 Å². The number of piperazine rings is 1. The summed E-state index contributed by atoms with van der Waals surface area (Å²) in [6.07, 6.45) is 1.57. The van der Waals surface area contributed by atoms with Gasteiger partial charge >= 0.3 is 0 Å². The number of hydrogen-bond acceptors (Lipinski definition) is 4. The lowest BCUT2D eigenvalue weighted by atomic mass is 10.2.